The summed E-state index contributed by atoms with van der Waals surface area (Å²) in [5.74, 6) is 1.01. The molecule has 0 spiro atoms. The lowest BCUT2D eigenvalue weighted by Crippen LogP contribution is -2.30. The van der Waals surface area contributed by atoms with Gasteiger partial charge in [-0.2, -0.15) is 11.8 Å². The van der Waals surface area contributed by atoms with E-state index < -0.39 is 0 Å². The lowest BCUT2D eigenvalue weighted by molar-refractivity contribution is -0.115. The van der Waals surface area contributed by atoms with E-state index in [0.717, 1.165) is 16.7 Å². The highest BCUT2D eigenvalue weighted by Crippen LogP contribution is 2.31. The molecule has 0 saturated heterocycles. The summed E-state index contributed by atoms with van der Waals surface area (Å²) in [6.45, 7) is 1.60. The second-order valence-electron chi connectivity index (χ2n) is 5.64. The number of thioether (sulfide) groups is 1. The van der Waals surface area contributed by atoms with Gasteiger partial charge in [0.05, 0.1) is 13.2 Å². The normalized spacial score (nSPS) is 14.5. The van der Waals surface area contributed by atoms with Crippen LogP contribution in [0.3, 0.4) is 0 Å². The Morgan fingerprint density at radius 1 is 1.35 bits per heavy atom. The second-order valence-corrected chi connectivity index (χ2v) is 6.92. The topological polar surface area (TPSA) is 50.4 Å². The summed E-state index contributed by atoms with van der Waals surface area (Å²) in [6, 6.07) is 8.17. The first-order chi connectivity index (χ1) is 10.8. The van der Waals surface area contributed by atoms with Crippen molar-refractivity contribution in [2.24, 2.45) is 0 Å². The van der Waals surface area contributed by atoms with E-state index in [9.17, 15) is 4.79 Å². The van der Waals surface area contributed by atoms with Gasteiger partial charge in [-0.3, -0.25) is 4.79 Å². The Morgan fingerprint density at radius 3 is 2.87 bits per heavy atom. The van der Waals surface area contributed by atoms with Crippen molar-refractivity contribution in [2.45, 2.75) is 36.7 Å². The molecule has 2 N–H and O–H groups in total. The number of benzene rings is 1. The molecule has 1 amide bonds. The first-order valence-corrected chi connectivity index (χ1v) is 9.03. The highest BCUT2D eigenvalue weighted by molar-refractivity contribution is 7.99. The quantitative estimate of drug-likeness (QED) is 0.664. The molecule has 6 heteroatoms. The van der Waals surface area contributed by atoms with E-state index >= 15 is 0 Å². The minimum atomic E-state index is -0.0169. The van der Waals surface area contributed by atoms with Crippen molar-refractivity contribution in [3.05, 3.63) is 29.8 Å². The number of carbonyl (C=O) groups is 1. The molecule has 0 aliphatic heterocycles. The van der Waals surface area contributed by atoms with Gasteiger partial charge >= 0.3 is 0 Å². The van der Waals surface area contributed by atoms with Crippen molar-refractivity contribution in [3.8, 4) is 0 Å². The molecule has 0 bridgehead atoms. The van der Waals surface area contributed by atoms with Gasteiger partial charge < -0.3 is 15.4 Å². The Bertz CT molecular complexity index is 468. The van der Waals surface area contributed by atoms with E-state index in [4.69, 9.17) is 4.74 Å². The van der Waals surface area contributed by atoms with Crippen LogP contribution >= 0.6 is 24.2 Å². The summed E-state index contributed by atoms with van der Waals surface area (Å²) in [5, 5.41) is 6.80. The Kier molecular flexibility index (Phi) is 10.4. The third-order valence-electron chi connectivity index (χ3n) is 3.77. The van der Waals surface area contributed by atoms with Crippen LogP contribution in [0.15, 0.2) is 24.3 Å². The Morgan fingerprint density at radius 2 is 2.13 bits per heavy atom. The number of hydrogen-bond donors (Lipinski definition) is 2. The second kappa shape index (κ2) is 11.7. The molecule has 0 radical (unpaired) electrons. The van der Waals surface area contributed by atoms with Crippen molar-refractivity contribution in [2.75, 3.05) is 32.1 Å². The maximum Gasteiger partial charge on any atom is 0.238 e. The minimum absolute atomic E-state index is 0. The number of methoxy groups -OCH3 is 1. The van der Waals surface area contributed by atoms with Crippen LogP contribution in [0.1, 0.15) is 31.2 Å². The fourth-order valence-corrected chi connectivity index (χ4v) is 3.86. The number of halogens is 1. The lowest BCUT2D eigenvalue weighted by atomic mass is 10.2. The number of rotatable bonds is 9. The summed E-state index contributed by atoms with van der Waals surface area (Å²) in [5.41, 5.74) is 2.16. The zero-order valence-corrected chi connectivity index (χ0v) is 15.3. The van der Waals surface area contributed by atoms with Crippen LogP contribution in [-0.4, -0.2) is 38.0 Å². The van der Waals surface area contributed by atoms with Gasteiger partial charge in [0.15, 0.2) is 0 Å². The van der Waals surface area contributed by atoms with Crippen LogP contribution in [0.25, 0.3) is 0 Å². The molecule has 130 valence electrons. The summed E-state index contributed by atoms with van der Waals surface area (Å²) in [4.78, 5) is 11.8. The summed E-state index contributed by atoms with van der Waals surface area (Å²) in [7, 11) is 1.65. The molecule has 4 nitrogen and oxygen atoms in total. The van der Waals surface area contributed by atoms with E-state index in [-0.39, 0.29) is 18.3 Å². The lowest BCUT2D eigenvalue weighted by Gasteiger charge is -2.10. The molecule has 1 saturated carbocycles. The summed E-state index contributed by atoms with van der Waals surface area (Å²) < 4.78 is 4.93. The third-order valence-corrected chi connectivity index (χ3v) is 5.21. The van der Waals surface area contributed by atoms with Crippen molar-refractivity contribution in [1.29, 1.82) is 0 Å². The van der Waals surface area contributed by atoms with Crippen LogP contribution in [0.2, 0.25) is 0 Å². The number of anilines is 1. The van der Waals surface area contributed by atoms with Gasteiger partial charge in [-0.15, -0.1) is 12.4 Å². The molecule has 1 aliphatic carbocycles. The van der Waals surface area contributed by atoms with Crippen molar-refractivity contribution in [3.63, 3.8) is 0 Å². The zero-order chi connectivity index (χ0) is 15.6. The Hall–Kier alpha value is -0.750. The molecule has 0 heterocycles. The monoisotopic (exact) mass is 358 g/mol. The SMILES string of the molecule is COCCNCC(=O)Nc1cccc(CSC2CCCC2)c1.Cl. The first kappa shape index (κ1) is 20.3. The van der Waals surface area contributed by atoms with Gasteiger partial charge in [0.25, 0.3) is 0 Å². The standard InChI is InChI=1S/C17H26N2O2S.ClH/c1-21-10-9-18-12-17(20)19-15-6-4-5-14(11-15)13-22-16-7-2-3-8-16;/h4-6,11,16,18H,2-3,7-10,12-13H2,1H3,(H,19,20);1H. The number of ether oxygens (including phenoxy) is 1. The third kappa shape index (κ3) is 8.06. The fourth-order valence-electron chi connectivity index (χ4n) is 2.59. The number of nitrogens with one attached hydrogen (secondary N) is 2. The average molecular weight is 359 g/mol. The molecule has 1 aromatic carbocycles. The summed E-state index contributed by atoms with van der Waals surface area (Å²) in [6.07, 6.45) is 5.47. The van der Waals surface area contributed by atoms with Crippen LogP contribution in [-0.2, 0) is 15.3 Å². The van der Waals surface area contributed by atoms with Gasteiger partial charge in [0.1, 0.15) is 0 Å². The smallest absolute Gasteiger partial charge is 0.238 e. The van der Waals surface area contributed by atoms with Crippen LogP contribution in [0.5, 0.6) is 0 Å². The highest BCUT2D eigenvalue weighted by Gasteiger charge is 2.15. The number of carbonyl (C=O) groups excluding carboxylic acids is 1. The first-order valence-electron chi connectivity index (χ1n) is 7.98. The molecule has 2 rings (SSSR count). The average Bonchev–Trinajstić information content (AvgIpc) is 3.03. The maximum absolute atomic E-state index is 11.8. The van der Waals surface area contributed by atoms with E-state index in [2.05, 4.69) is 22.8 Å². The van der Waals surface area contributed by atoms with Gasteiger partial charge in [0.2, 0.25) is 5.91 Å². The van der Waals surface area contributed by atoms with E-state index in [1.165, 1.54) is 31.2 Å². The van der Waals surface area contributed by atoms with E-state index in [0.29, 0.717) is 19.7 Å². The summed E-state index contributed by atoms with van der Waals surface area (Å²) >= 11 is 2.05. The highest BCUT2D eigenvalue weighted by atomic mass is 35.5. The Labute approximate surface area is 149 Å². The predicted octanol–water partition coefficient (Wildman–Crippen LogP) is 3.46. The molecular weight excluding hydrogens is 332 g/mol. The molecule has 0 unspecified atom stereocenters. The zero-order valence-electron chi connectivity index (χ0n) is 13.7. The fraction of sp³-hybridized carbons (Fsp3) is 0.588. The van der Waals surface area contributed by atoms with Crippen molar-refractivity contribution >= 4 is 35.8 Å². The van der Waals surface area contributed by atoms with Crippen LogP contribution < -0.4 is 10.6 Å². The number of hydrogen-bond acceptors (Lipinski definition) is 4. The van der Waals surface area contributed by atoms with Gasteiger partial charge in [0, 0.05) is 30.3 Å². The molecular formula is C17H27ClN2O2S. The number of amides is 1. The van der Waals surface area contributed by atoms with Crippen molar-refractivity contribution in [1.82, 2.24) is 5.32 Å². The minimum Gasteiger partial charge on any atom is -0.383 e. The predicted molar refractivity (Wildman–Crippen MR) is 101 cm³/mol. The van der Waals surface area contributed by atoms with Gasteiger partial charge in [-0.25, -0.2) is 0 Å². The molecule has 0 aromatic heterocycles. The molecule has 23 heavy (non-hydrogen) atoms. The maximum atomic E-state index is 11.8. The van der Waals surface area contributed by atoms with Gasteiger partial charge in [-0.1, -0.05) is 25.0 Å². The van der Waals surface area contributed by atoms with E-state index in [1.807, 2.05) is 23.9 Å². The van der Waals surface area contributed by atoms with Crippen LogP contribution in [0, 0.1) is 0 Å². The molecule has 1 fully saturated rings. The van der Waals surface area contributed by atoms with Crippen molar-refractivity contribution < 1.29 is 9.53 Å². The molecule has 1 aliphatic rings. The largest absolute Gasteiger partial charge is 0.383 e. The molecule has 0 atom stereocenters. The Balaban J connectivity index is 0.00000264. The van der Waals surface area contributed by atoms with E-state index in [1.54, 1.807) is 7.11 Å². The van der Waals surface area contributed by atoms with Gasteiger partial charge in [-0.05, 0) is 30.5 Å². The molecule has 1 aromatic rings. The van der Waals surface area contributed by atoms with Crippen LogP contribution in [0.4, 0.5) is 5.69 Å².